The van der Waals surface area contributed by atoms with Crippen LogP contribution in [0, 0.1) is 11.6 Å². The lowest BCUT2D eigenvalue weighted by molar-refractivity contribution is 0.570. The molecule has 2 aromatic rings. The van der Waals surface area contributed by atoms with Gasteiger partial charge in [0.2, 0.25) is 0 Å². The van der Waals surface area contributed by atoms with Gasteiger partial charge in [0.05, 0.1) is 5.69 Å². The standard InChI is InChI=1S/C12H9BrF2N2O2S/c13-9-5-7(14)1-3-11(9)17-20(18,19)12-4-2-8(16)6-10(12)15/h1-6,17H,16H2. The summed E-state index contributed by atoms with van der Waals surface area (Å²) >= 11 is 3.02. The molecule has 0 bridgehead atoms. The number of sulfonamides is 1. The Bertz CT molecular complexity index is 766. The minimum absolute atomic E-state index is 0.0997. The van der Waals surface area contributed by atoms with E-state index in [1.807, 2.05) is 0 Å². The minimum Gasteiger partial charge on any atom is -0.399 e. The molecule has 3 N–H and O–H groups in total. The molecule has 0 aliphatic rings. The first-order chi connectivity index (χ1) is 9.29. The van der Waals surface area contributed by atoms with Crippen molar-refractivity contribution in [3.8, 4) is 0 Å². The fraction of sp³-hybridized carbons (Fsp3) is 0. The molecule has 0 saturated heterocycles. The summed E-state index contributed by atoms with van der Waals surface area (Å²) in [4.78, 5) is -0.539. The number of anilines is 2. The molecule has 0 aliphatic heterocycles. The molecule has 0 atom stereocenters. The molecule has 0 aliphatic carbocycles. The maximum Gasteiger partial charge on any atom is 0.264 e. The summed E-state index contributed by atoms with van der Waals surface area (Å²) in [6.07, 6.45) is 0. The second-order valence-corrected chi connectivity index (χ2v) is 6.42. The molecule has 20 heavy (non-hydrogen) atoms. The molecule has 106 valence electrons. The lowest BCUT2D eigenvalue weighted by Gasteiger charge is -2.10. The Morgan fingerprint density at radius 2 is 1.80 bits per heavy atom. The lowest BCUT2D eigenvalue weighted by Crippen LogP contribution is -2.15. The van der Waals surface area contributed by atoms with Crippen LogP contribution in [0.1, 0.15) is 0 Å². The van der Waals surface area contributed by atoms with Crippen LogP contribution in [-0.2, 0) is 10.0 Å². The van der Waals surface area contributed by atoms with Crippen LogP contribution in [0.25, 0.3) is 0 Å². The zero-order chi connectivity index (χ0) is 14.9. The third-order valence-electron chi connectivity index (χ3n) is 2.42. The predicted molar refractivity (Wildman–Crippen MR) is 75.7 cm³/mol. The Labute approximate surface area is 122 Å². The van der Waals surface area contributed by atoms with Crippen molar-refractivity contribution < 1.29 is 17.2 Å². The van der Waals surface area contributed by atoms with Crippen LogP contribution in [0.15, 0.2) is 45.8 Å². The summed E-state index contributed by atoms with van der Waals surface area (Å²) in [6, 6.07) is 6.65. The van der Waals surface area contributed by atoms with Crippen LogP contribution in [-0.4, -0.2) is 8.42 Å². The van der Waals surface area contributed by atoms with E-state index in [9.17, 15) is 17.2 Å². The Kier molecular flexibility index (Phi) is 3.96. The number of nitrogens with one attached hydrogen (secondary N) is 1. The average Bonchev–Trinajstić information content (AvgIpc) is 2.32. The van der Waals surface area contributed by atoms with Crippen molar-refractivity contribution in [2.45, 2.75) is 4.90 Å². The summed E-state index contributed by atoms with van der Waals surface area (Å²) in [7, 11) is -4.13. The number of halogens is 3. The molecule has 0 unspecified atom stereocenters. The normalized spacial score (nSPS) is 11.3. The Morgan fingerprint density at radius 1 is 1.10 bits per heavy atom. The summed E-state index contributed by atoms with van der Waals surface area (Å²) < 4.78 is 53.1. The second-order valence-electron chi connectivity index (χ2n) is 3.92. The predicted octanol–water partition coefficient (Wildman–Crippen LogP) is 3.11. The van der Waals surface area contributed by atoms with Gasteiger partial charge in [-0.05, 0) is 52.3 Å². The maximum atomic E-state index is 13.6. The minimum atomic E-state index is -4.13. The van der Waals surface area contributed by atoms with Crippen LogP contribution in [0.5, 0.6) is 0 Å². The third kappa shape index (κ3) is 3.07. The zero-order valence-electron chi connectivity index (χ0n) is 9.90. The first kappa shape index (κ1) is 14.7. The van der Waals surface area contributed by atoms with Gasteiger partial charge in [-0.25, -0.2) is 17.2 Å². The van der Waals surface area contributed by atoms with Crippen molar-refractivity contribution in [3.05, 3.63) is 52.5 Å². The van der Waals surface area contributed by atoms with Gasteiger partial charge in [-0.15, -0.1) is 0 Å². The fourth-order valence-electron chi connectivity index (χ4n) is 1.51. The van der Waals surface area contributed by atoms with E-state index in [1.165, 1.54) is 12.1 Å². The summed E-state index contributed by atoms with van der Waals surface area (Å²) in [6.45, 7) is 0. The smallest absolute Gasteiger partial charge is 0.264 e. The third-order valence-corrected chi connectivity index (χ3v) is 4.48. The van der Waals surface area contributed by atoms with Gasteiger partial charge in [0.25, 0.3) is 10.0 Å². The molecule has 2 rings (SSSR count). The van der Waals surface area contributed by atoms with Crippen molar-refractivity contribution in [1.82, 2.24) is 0 Å². The van der Waals surface area contributed by atoms with Crippen molar-refractivity contribution >= 4 is 37.3 Å². The quantitative estimate of drug-likeness (QED) is 0.824. The van der Waals surface area contributed by atoms with E-state index >= 15 is 0 Å². The van der Waals surface area contributed by atoms with Gasteiger partial charge in [0.1, 0.15) is 16.5 Å². The highest BCUT2D eigenvalue weighted by Crippen LogP contribution is 2.27. The molecule has 2 aromatic carbocycles. The molecule has 4 nitrogen and oxygen atoms in total. The fourth-order valence-corrected chi connectivity index (χ4v) is 3.23. The van der Waals surface area contributed by atoms with Crippen LogP contribution in [0.4, 0.5) is 20.2 Å². The largest absolute Gasteiger partial charge is 0.399 e. The number of hydrogen-bond acceptors (Lipinski definition) is 3. The first-order valence-corrected chi connectivity index (χ1v) is 7.60. The Morgan fingerprint density at radius 3 is 2.40 bits per heavy atom. The molecule has 0 spiro atoms. The van der Waals surface area contributed by atoms with Gasteiger partial charge in [-0.3, -0.25) is 4.72 Å². The molecule has 0 aromatic heterocycles. The maximum absolute atomic E-state index is 13.6. The average molecular weight is 363 g/mol. The molecule has 0 amide bonds. The van der Waals surface area contributed by atoms with E-state index in [4.69, 9.17) is 5.73 Å². The van der Waals surface area contributed by atoms with Crippen LogP contribution in [0.2, 0.25) is 0 Å². The highest BCUT2D eigenvalue weighted by Gasteiger charge is 2.20. The molecule has 0 fully saturated rings. The van der Waals surface area contributed by atoms with Crippen molar-refractivity contribution in [3.63, 3.8) is 0 Å². The SMILES string of the molecule is Nc1ccc(S(=O)(=O)Nc2ccc(F)cc2Br)c(F)c1. The number of rotatable bonds is 3. The van der Waals surface area contributed by atoms with E-state index in [0.29, 0.717) is 0 Å². The van der Waals surface area contributed by atoms with Crippen LogP contribution in [0.3, 0.4) is 0 Å². The van der Waals surface area contributed by atoms with E-state index in [-0.39, 0.29) is 15.8 Å². The van der Waals surface area contributed by atoms with E-state index in [1.54, 1.807) is 0 Å². The number of benzene rings is 2. The summed E-state index contributed by atoms with van der Waals surface area (Å²) in [5.41, 5.74) is 5.57. The number of hydrogen-bond donors (Lipinski definition) is 2. The lowest BCUT2D eigenvalue weighted by atomic mass is 10.3. The molecule has 0 heterocycles. The molecular weight excluding hydrogens is 354 g/mol. The summed E-state index contributed by atoms with van der Waals surface area (Å²) in [5.74, 6) is -1.49. The van der Waals surface area contributed by atoms with Crippen LogP contribution < -0.4 is 10.5 Å². The molecule has 8 heteroatoms. The van der Waals surface area contributed by atoms with E-state index in [2.05, 4.69) is 20.7 Å². The number of nitrogens with two attached hydrogens (primary N) is 1. The zero-order valence-corrected chi connectivity index (χ0v) is 12.3. The first-order valence-electron chi connectivity index (χ1n) is 5.32. The van der Waals surface area contributed by atoms with Gasteiger partial charge < -0.3 is 5.73 Å². The number of nitrogen functional groups attached to an aromatic ring is 1. The molecular formula is C12H9BrF2N2O2S. The van der Waals surface area contributed by atoms with Gasteiger partial charge in [-0.1, -0.05) is 0 Å². The van der Waals surface area contributed by atoms with Crippen molar-refractivity contribution in [2.24, 2.45) is 0 Å². The van der Waals surface area contributed by atoms with Gasteiger partial charge in [0.15, 0.2) is 0 Å². The second kappa shape index (κ2) is 5.37. The highest BCUT2D eigenvalue weighted by atomic mass is 79.9. The van der Waals surface area contributed by atoms with Crippen molar-refractivity contribution in [2.75, 3.05) is 10.5 Å². The van der Waals surface area contributed by atoms with Crippen LogP contribution >= 0.6 is 15.9 Å². The molecule has 0 radical (unpaired) electrons. The van der Waals surface area contributed by atoms with Gasteiger partial charge in [-0.2, -0.15) is 0 Å². The van der Waals surface area contributed by atoms with Gasteiger partial charge >= 0.3 is 0 Å². The Hall–Kier alpha value is -1.67. The van der Waals surface area contributed by atoms with Gasteiger partial charge in [0, 0.05) is 10.2 Å². The van der Waals surface area contributed by atoms with E-state index < -0.39 is 26.6 Å². The highest BCUT2D eigenvalue weighted by molar-refractivity contribution is 9.10. The molecule has 0 saturated carbocycles. The topological polar surface area (TPSA) is 72.2 Å². The summed E-state index contributed by atoms with van der Waals surface area (Å²) in [5, 5.41) is 0. The Balaban J connectivity index is 2.41. The van der Waals surface area contributed by atoms with Crippen molar-refractivity contribution in [1.29, 1.82) is 0 Å². The monoisotopic (exact) mass is 362 g/mol. The van der Waals surface area contributed by atoms with E-state index in [0.717, 1.165) is 24.3 Å².